The van der Waals surface area contributed by atoms with Gasteiger partial charge >= 0.3 is 0 Å². The smallest absolute Gasteiger partial charge is 0.142 e. The second kappa shape index (κ2) is 7.12. The Bertz CT molecular complexity index is 242. The van der Waals surface area contributed by atoms with Gasteiger partial charge in [-0.3, -0.25) is 4.79 Å². The maximum Gasteiger partial charge on any atom is 0.142 e. The fourth-order valence-corrected chi connectivity index (χ4v) is 2.33. The molecule has 1 aliphatic heterocycles. The van der Waals surface area contributed by atoms with Crippen LogP contribution in [0.3, 0.4) is 0 Å². The number of ether oxygens (including phenoxy) is 1. The quantitative estimate of drug-likeness (QED) is 0.665. The summed E-state index contributed by atoms with van der Waals surface area (Å²) >= 11 is 0. The van der Waals surface area contributed by atoms with Gasteiger partial charge in [0.2, 0.25) is 0 Å². The molecule has 3 heteroatoms. The second-order valence-corrected chi connectivity index (χ2v) is 5.48. The normalized spacial score (nSPS) is 28.5. The zero-order valence-electron chi connectivity index (χ0n) is 11.3. The lowest BCUT2D eigenvalue weighted by atomic mass is 9.79. The highest BCUT2D eigenvalue weighted by Gasteiger charge is 2.43. The van der Waals surface area contributed by atoms with E-state index in [0.29, 0.717) is 19.6 Å². The van der Waals surface area contributed by atoms with Crippen molar-refractivity contribution < 1.29 is 9.53 Å². The molecule has 1 saturated heterocycles. The highest BCUT2D eigenvalue weighted by molar-refractivity contribution is 5.85. The van der Waals surface area contributed by atoms with E-state index in [1.54, 1.807) is 0 Å². The molecular formula is C14H27NO2. The minimum Gasteiger partial charge on any atom is -0.379 e. The van der Waals surface area contributed by atoms with E-state index < -0.39 is 5.41 Å². The van der Waals surface area contributed by atoms with Crippen LogP contribution in [0.4, 0.5) is 0 Å². The van der Waals surface area contributed by atoms with Crippen LogP contribution >= 0.6 is 0 Å². The topological polar surface area (TPSA) is 52.3 Å². The highest BCUT2D eigenvalue weighted by atomic mass is 16.5. The van der Waals surface area contributed by atoms with Crippen molar-refractivity contribution in [2.45, 2.75) is 64.8 Å². The summed E-state index contributed by atoms with van der Waals surface area (Å²) in [6.45, 7) is 5.19. The van der Waals surface area contributed by atoms with Crippen LogP contribution in [0.25, 0.3) is 0 Å². The third-order valence-electron chi connectivity index (χ3n) is 3.91. The second-order valence-electron chi connectivity index (χ2n) is 5.48. The van der Waals surface area contributed by atoms with Gasteiger partial charge in [0.15, 0.2) is 0 Å². The van der Waals surface area contributed by atoms with E-state index >= 15 is 0 Å². The molecule has 0 saturated carbocycles. The summed E-state index contributed by atoms with van der Waals surface area (Å²) in [7, 11) is 0. The Hall–Kier alpha value is -0.410. The summed E-state index contributed by atoms with van der Waals surface area (Å²) in [5.41, 5.74) is 5.51. The first kappa shape index (κ1) is 14.7. The van der Waals surface area contributed by atoms with Gasteiger partial charge in [0.1, 0.15) is 5.78 Å². The van der Waals surface area contributed by atoms with E-state index in [2.05, 4.69) is 6.92 Å². The lowest BCUT2D eigenvalue weighted by Crippen LogP contribution is -2.44. The van der Waals surface area contributed by atoms with Gasteiger partial charge in [0.05, 0.1) is 18.6 Å². The van der Waals surface area contributed by atoms with Gasteiger partial charge in [0.25, 0.3) is 0 Å². The Morgan fingerprint density at radius 1 is 1.29 bits per heavy atom. The Balaban J connectivity index is 2.16. The third-order valence-corrected chi connectivity index (χ3v) is 3.91. The van der Waals surface area contributed by atoms with Crippen molar-refractivity contribution in [3.8, 4) is 0 Å². The van der Waals surface area contributed by atoms with E-state index in [-0.39, 0.29) is 11.8 Å². The molecule has 0 aromatic rings. The first-order chi connectivity index (χ1) is 8.11. The summed E-state index contributed by atoms with van der Waals surface area (Å²) < 4.78 is 5.31. The summed E-state index contributed by atoms with van der Waals surface area (Å²) in [6, 6.07) is -0.116. The van der Waals surface area contributed by atoms with Crippen LogP contribution in [0.5, 0.6) is 0 Å². The molecule has 0 spiro atoms. The molecule has 1 fully saturated rings. The van der Waals surface area contributed by atoms with Crippen LogP contribution < -0.4 is 5.73 Å². The zero-order valence-corrected chi connectivity index (χ0v) is 11.3. The molecule has 1 aliphatic rings. The summed E-state index contributed by atoms with van der Waals surface area (Å²) in [5, 5.41) is 0. The largest absolute Gasteiger partial charge is 0.379 e. The molecule has 17 heavy (non-hydrogen) atoms. The number of unbranched alkanes of at least 4 members (excludes halogenated alkanes) is 5. The van der Waals surface area contributed by atoms with Crippen molar-refractivity contribution in [3.05, 3.63) is 0 Å². The first-order valence-electron chi connectivity index (χ1n) is 6.98. The standard InChI is InChI=1S/C14H27NO2/c1-3-4-5-6-7-8-9-13(16)14(2)11-17-10-12(14)15/h12H,3-11,15H2,1-2H3. The van der Waals surface area contributed by atoms with Gasteiger partial charge in [-0.05, 0) is 13.3 Å². The van der Waals surface area contributed by atoms with E-state index in [9.17, 15) is 4.79 Å². The number of Topliss-reactive ketones (excluding diaryl/α,β-unsaturated/α-hetero) is 1. The Morgan fingerprint density at radius 3 is 2.53 bits per heavy atom. The molecule has 2 N–H and O–H groups in total. The zero-order chi connectivity index (χ0) is 12.7. The molecule has 0 aromatic heterocycles. The molecule has 0 aliphatic carbocycles. The maximum atomic E-state index is 12.1. The predicted octanol–water partition coefficient (Wildman–Crippen LogP) is 2.67. The molecule has 1 heterocycles. The Kier molecular flexibility index (Phi) is 6.14. The number of rotatable bonds is 8. The van der Waals surface area contributed by atoms with E-state index in [4.69, 9.17) is 10.5 Å². The molecule has 100 valence electrons. The van der Waals surface area contributed by atoms with Gasteiger partial charge in [-0.25, -0.2) is 0 Å². The SMILES string of the molecule is CCCCCCCCC(=O)C1(C)COCC1N. The van der Waals surface area contributed by atoms with Crippen molar-refractivity contribution in [1.29, 1.82) is 0 Å². The van der Waals surface area contributed by atoms with Crippen LogP contribution in [0.1, 0.15) is 58.8 Å². The number of ketones is 1. The average Bonchev–Trinajstić information content (AvgIpc) is 2.65. The molecule has 0 radical (unpaired) electrons. The monoisotopic (exact) mass is 241 g/mol. The van der Waals surface area contributed by atoms with Crippen molar-refractivity contribution >= 4 is 5.78 Å². The van der Waals surface area contributed by atoms with Crippen LogP contribution in [-0.2, 0) is 9.53 Å². The summed E-state index contributed by atoms with van der Waals surface area (Å²) in [5.74, 6) is 0.290. The molecule has 1 rings (SSSR count). The minimum absolute atomic E-state index is 0.116. The van der Waals surface area contributed by atoms with Gasteiger partial charge in [-0.15, -0.1) is 0 Å². The van der Waals surface area contributed by atoms with Crippen molar-refractivity contribution in [1.82, 2.24) is 0 Å². The fourth-order valence-electron chi connectivity index (χ4n) is 2.33. The van der Waals surface area contributed by atoms with Crippen LogP contribution in [-0.4, -0.2) is 25.0 Å². The maximum absolute atomic E-state index is 12.1. The molecular weight excluding hydrogens is 214 g/mol. The Morgan fingerprint density at radius 2 is 1.94 bits per heavy atom. The predicted molar refractivity (Wildman–Crippen MR) is 69.9 cm³/mol. The van der Waals surface area contributed by atoms with Crippen LogP contribution in [0.15, 0.2) is 0 Å². The van der Waals surface area contributed by atoms with Crippen molar-refractivity contribution in [2.24, 2.45) is 11.1 Å². The van der Waals surface area contributed by atoms with E-state index in [1.807, 2.05) is 6.92 Å². The van der Waals surface area contributed by atoms with Gasteiger partial charge in [-0.2, -0.15) is 0 Å². The van der Waals surface area contributed by atoms with Crippen LogP contribution in [0, 0.1) is 5.41 Å². The van der Waals surface area contributed by atoms with Crippen molar-refractivity contribution in [2.75, 3.05) is 13.2 Å². The van der Waals surface area contributed by atoms with Gasteiger partial charge in [-0.1, -0.05) is 39.0 Å². The molecule has 2 atom stereocenters. The number of hydrogen-bond acceptors (Lipinski definition) is 3. The molecule has 0 bridgehead atoms. The molecule has 2 unspecified atom stereocenters. The van der Waals surface area contributed by atoms with Gasteiger partial charge in [0, 0.05) is 12.5 Å². The molecule has 0 amide bonds. The lowest BCUT2D eigenvalue weighted by molar-refractivity contribution is -0.128. The average molecular weight is 241 g/mol. The highest BCUT2D eigenvalue weighted by Crippen LogP contribution is 2.30. The minimum atomic E-state index is -0.427. The number of hydrogen-bond donors (Lipinski definition) is 1. The van der Waals surface area contributed by atoms with Crippen LogP contribution in [0.2, 0.25) is 0 Å². The lowest BCUT2D eigenvalue weighted by Gasteiger charge is -2.25. The van der Waals surface area contributed by atoms with E-state index in [0.717, 1.165) is 12.8 Å². The number of carbonyl (C=O) groups is 1. The van der Waals surface area contributed by atoms with Gasteiger partial charge < -0.3 is 10.5 Å². The Labute approximate surface area is 105 Å². The summed E-state index contributed by atoms with van der Waals surface area (Å²) in [6.07, 6.45) is 7.96. The number of nitrogens with two attached hydrogens (primary N) is 1. The number of carbonyl (C=O) groups excluding carboxylic acids is 1. The fraction of sp³-hybridized carbons (Fsp3) is 0.929. The third kappa shape index (κ3) is 4.07. The van der Waals surface area contributed by atoms with E-state index in [1.165, 1.54) is 25.7 Å². The first-order valence-corrected chi connectivity index (χ1v) is 6.98. The molecule has 0 aromatic carbocycles. The van der Waals surface area contributed by atoms with Crippen molar-refractivity contribution in [3.63, 3.8) is 0 Å². The summed E-state index contributed by atoms with van der Waals surface area (Å²) in [4.78, 5) is 12.1. The molecule has 3 nitrogen and oxygen atoms in total.